The molecule has 2 aliphatic heterocycles. The van der Waals surface area contributed by atoms with Gasteiger partial charge in [0.25, 0.3) is 0 Å². The van der Waals surface area contributed by atoms with E-state index in [0.29, 0.717) is 11.8 Å². The number of halogens is 1. The van der Waals surface area contributed by atoms with Gasteiger partial charge in [0, 0.05) is 19.0 Å². The fourth-order valence-electron chi connectivity index (χ4n) is 4.23. The number of fused-ring (bicyclic) bond motifs is 1. The second-order valence-corrected chi connectivity index (χ2v) is 7.63. The minimum absolute atomic E-state index is 0. The summed E-state index contributed by atoms with van der Waals surface area (Å²) in [4.78, 5) is 14.8. The van der Waals surface area contributed by atoms with Crippen LogP contribution in [0, 0.1) is 28.6 Å². The lowest BCUT2D eigenvalue weighted by atomic mass is 9.88. The highest BCUT2D eigenvalue weighted by Crippen LogP contribution is 2.68. The average Bonchev–Trinajstić information content (AvgIpc) is 2.69. The van der Waals surface area contributed by atoms with Crippen molar-refractivity contribution in [2.45, 2.75) is 34.1 Å². The minimum Gasteiger partial charge on any atom is -0.342 e. The first-order valence-corrected chi connectivity index (χ1v) is 7.35. The maximum Gasteiger partial charge on any atom is 0.226 e. The molecule has 1 amide bonds. The highest BCUT2D eigenvalue weighted by atomic mass is 35.5. The number of nitrogens with zero attached hydrogens (tertiary/aromatic N) is 1. The Morgan fingerprint density at radius 3 is 2.26 bits per heavy atom. The number of hydrogen-bond acceptors (Lipinski definition) is 2. The molecule has 2 atom stereocenters. The van der Waals surface area contributed by atoms with Crippen LogP contribution in [0.2, 0.25) is 0 Å². The molecule has 3 aliphatic rings. The van der Waals surface area contributed by atoms with E-state index >= 15 is 0 Å². The Morgan fingerprint density at radius 1 is 1.11 bits per heavy atom. The first-order chi connectivity index (χ1) is 8.35. The van der Waals surface area contributed by atoms with Crippen molar-refractivity contribution in [3.8, 4) is 0 Å². The van der Waals surface area contributed by atoms with Crippen molar-refractivity contribution in [1.82, 2.24) is 10.2 Å². The molecule has 3 fully saturated rings. The predicted molar refractivity (Wildman–Crippen MR) is 79.3 cm³/mol. The van der Waals surface area contributed by atoms with Gasteiger partial charge in [0.1, 0.15) is 0 Å². The van der Waals surface area contributed by atoms with Crippen LogP contribution in [0.5, 0.6) is 0 Å². The van der Waals surface area contributed by atoms with Crippen molar-refractivity contribution in [1.29, 1.82) is 0 Å². The van der Waals surface area contributed by atoms with Crippen molar-refractivity contribution in [3.63, 3.8) is 0 Å². The Labute approximate surface area is 122 Å². The summed E-state index contributed by atoms with van der Waals surface area (Å²) in [5, 5.41) is 3.46. The molecule has 1 aliphatic carbocycles. The Morgan fingerprint density at radius 2 is 1.68 bits per heavy atom. The van der Waals surface area contributed by atoms with Crippen molar-refractivity contribution in [2.75, 3.05) is 26.2 Å². The Bertz CT molecular complexity index is 366. The number of carbonyl (C=O) groups is 1. The third-order valence-electron chi connectivity index (χ3n) is 6.28. The third kappa shape index (κ3) is 2.09. The van der Waals surface area contributed by atoms with E-state index in [-0.39, 0.29) is 29.2 Å². The SMILES string of the molecule is CC1(C)C(C(=O)N2CCC3CNCC3C2)C1(C)C.Cl. The monoisotopic (exact) mass is 286 g/mol. The molecule has 0 bridgehead atoms. The van der Waals surface area contributed by atoms with Gasteiger partial charge < -0.3 is 10.2 Å². The quantitative estimate of drug-likeness (QED) is 0.801. The van der Waals surface area contributed by atoms with E-state index in [1.54, 1.807) is 0 Å². The van der Waals surface area contributed by atoms with Crippen LogP contribution in [0.1, 0.15) is 34.1 Å². The highest BCUT2D eigenvalue weighted by molar-refractivity contribution is 5.85. The van der Waals surface area contributed by atoms with Crippen molar-refractivity contribution < 1.29 is 4.79 Å². The predicted octanol–water partition coefficient (Wildman–Crippen LogP) is 2.16. The van der Waals surface area contributed by atoms with Gasteiger partial charge in [0.15, 0.2) is 0 Å². The summed E-state index contributed by atoms with van der Waals surface area (Å²) >= 11 is 0. The van der Waals surface area contributed by atoms with Crippen molar-refractivity contribution >= 4 is 18.3 Å². The number of nitrogens with one attached hydrogen (secondary N) is 1. The summed E-state index contributed by atoms with van der Waals surface area (Å²) in [6.45, 7) is 13.2. The molecule has 0 aromatic heterocycles. The van der Waals surface area contributed by atoms with E-state index in [4.69, 9.17) is 0 Å². The van der Waals surface area contributed by atoms with Gasteiger partial charge in [0.2, 0.25) is 5.91 Å². The van der Waals surface area contributed by atoms with Crippen LogP contribution in [0.4, 0.5) is 0 Å². The molecule has 110 valence electrons. The molecular weight excluding hydrogens is 260 g/mol. The molecule has 2 saturated heterocycles. The number of hydrogen-bond donors (Lipinski definition) is 1. The van der Waals surface area contributed by atoms with Crippen LogP contribution in [0.25, 0.3) is 0 Å². The molecule has 4 heteroatoms. The molecule has 0 aromatic carbocycles. The van der Waals surface area contributed by atoms with Gasteiger partial charge in [-0.1, -0.05) is 27.7 Å². The lowest BCUT2D eigenvalue weighted by Gasteiger charge is -2.35. The summed E-state index contributed by atoms with van der Waals surface area (Å²) in [6.07, 6.45) is 1.19. The Hall–Kier alpha value is -0.280. The molecule has 0 spiro atoms. The molecule has 2 unspecified atom stereocenters. The first-order valence-electron chi connectivity index (χ1n) is 7.35. The summed E-state index contributed by atoms with van der Waals surface area (Å²) in [7, 11) is 0. The largest absolute Gasteiger partial charge is 0.342 e. The zero-order chi connectivity index (χ0) is 13.1. The van der Waals surface area contributed by atoms with Crippen molar-refractivity contribution in [2.24, 2.45) is 28.6 Å². The summed E-state index contributed by atoms with van der Waals surface area (Å²) < 4.78 is 0. The summed E-state index contributed by atoms with van der Waals surface area (Å²) in [5.41, 5.74) is 0.351. The number of rotatable bonds is 1. The maximum atomic E-state index is 12.7. The lowest BCUT2D eigenvalue weighted by Crippen LogP contribution is -2.44. The van der Waals surface area contributed by atoms with Crippen LogP contribution in [0.15, 0.2) is 0 Å². The van der Waals surface area contributed by atoms with Gasteiger partial charge in [-0.25, -0.2) is 0 Å². The van der Waals surface area contributed by atoms with Crippen molar-refractivity contribution in [3.05, 3.63) is 0 Å². The zero-order valence-electron chi connectivity index (χ0n) is 12.5. The summed E-state index contributed by atoms with van der Waals surface area (Å²) in [5.74, 6) is 2.16. The Balaban J connectivity index is 0.00000133. The maximum absolute atomic E-state index is 12.7. The topological polar surface area (TPSA) is 32.3 Å². The smallest absolute Gasteiger partial charge is 0.226 e. The third-order valence-corrected chi connectivity index (χ3v) is 6.28. The Kier molecular flexibility index (Phi) is 3.68. The number of amides is 1. The van der Waals surface area contributed by atoms with Gasteiger partial charge in [-0.05, 0) is 42.2 Å². The standard InChI is InChI=1S/C15H26N2O.ClH/c1-14(2)12(15(14,3)4)13(18)17-6-5-10-7-16-8-11(10)9-17;/h10-12,16H,5-9H2,1-4H3;1H. The van der Waals surface area contributed by atoms with Crippen LogP contribution in [0.3, 0.4) is 0 Å². The van der Waals surface area contributed by atoms with E-state index in [1.165, 1.54) is 6.42 Å². The highest BCUT2D eigenvalue weighted by Gasteiger charge is 2.68. The van der Waals surface area contributed by atoms with E-state index in [0.717, 1.165) is 32.1 Å². The minimum atomic E-state index is 0. The molecular formula is C15H27ClN2O. The van der Waals surface area contributed by atoms with Gasteiger partial charge in [-0.2, -0.15) is 0 Å². The van der Waals surface area contributed by atoms with E-state index in [9.17, 15) is 4.79 Å². The summed E-state index contributed by atoms with van der Waals surface area (Å²) in [6, 6.07) is 0. The number of likely N-dealkylation sites (tertiary alicyclic amines) is 1. The first kappa shape index (κ1) is 15.1. The van der Waals surface area contributed by atoms with E-state index < -0.39 is 0 Å². The molecule has 3 rings (SSSR count). The molecule has 0 aromatic rings. The fourth-order valence-corrected chi connectivity index (χ4v) is 4.23. The second kappa shape index (κ2) is 4.63. The average molecular weight is 287 g/mol. The van der Waals surface area contributed by atoms with Crippen LogP contribution >= 0.6 is 12.4 Å². The number of carbonyl (C=O) groups excluding carboxylic acids is 1. The zero-order valence-corrected chi connectivity index (χ0v) is 13.3. The number of piperidine rings is 1. The van der Waals surface area contributed by atoms with Crippen LogP contribution in [-0.4, -0.2) is 37.0 Å². The van der Waals surface area contributed by atoms with Gasteiger partial charge in [-0.3, -0.25) is 4.79 Å². The lowest BCUT2D eigenvalue weighted by molar-refractivity contribution is -0.136. The van der Waals surface area contributed by atoms with E-state index in [2.05, 4.69) is 37.9 Å². The molecule has 1 N–H and O–H groups in total. The molecule has 1 saturated carbocycles. The molecule has 2 heterocycles. The molecule has 19 heavy (non-hydrogen) atoms. The normalized spacial score (nSPS) is 35.5. The van der Waals surface area contributed by atoms with Gasteiger partial charge >= 0.3 is 0 Å². The van der Waals surface area contributed by atoms with Crippen LogP contribution < -0.4 is 5.32 Å². The van der Waals surface area contributed by atoms with Gasteiger partial charge in [0.05, 0.1) is 0 Å². The van der Waals surface area contributed by atoms with Crippen LogP contribution in [-0.2, 0) is 4.79 Å². The fraction of sp³-hybridized carbons (Fsp3) is 0.933. The second-order valence-electron chi connectivity index (χ2n) is 7.63. The molecule has 3 nitrogen and oxygen atoms in total. The van der Waals surface area contributed by atoms with Gasteiger partial charge in [-0.15, -0.1) is 12.4 Å². The van der Waals surface area contributed by atoms with E-state index in [1.807, 2.05) is 0 Å². The molecule has 0 radical (unpaired) electrons.